The minimum absolute atomic E-state index is 0.0878. The zero-order valence-electron chi connectivity index (χ0n) is 16.9. The molecular weight excluding hydrogens is 386 g/mol. The summed E-state index contributed by atoms with van der Waals surface area (Å²) in [5, 5.41) is 2.69. The van der Waals surface area contributed by atoms with Crippen LogP contribution in [0, 0.1) is 12.3 Å². The van der Waals surface area contributed by atoms with E-state index in [2.05, 4.69) is 11.2 Å². The van der Waals surface area contributed by atoms with Gasteiger partial charge in [0.2, 0.25) is 5.12 Å². The number of hydrogen-bond donors (Lipinski definition) is 1. The Bertz CT molecular complexity index is 896. The lowest BCUT2D eigenvalue weighted by molar-refractivity contribution is 0.0635. The molecule has 0 bridgehead atoms. The van der Waals surface area contributed by atoms with Crippen LogP contribution in [0.3, 0.4) is 0 Å². The van der Waals surface area contributed by atoms with E-state index in [1.807, 2.05) is 45.0 Å². The maximum atomic E-state index is 12.6. The highest BCUT2D eigenvalue weighted by atomic mass is 32.2. The number of thioether (sulfide) groups is 1. The first-order valence-electron chi connectivity index (χ1n) is 9.20. The van der Waals surface area contributed by atoms with Crippen LogP contribution in [0.1, 0.15) is 36.7 Å². The number of ether oxygens (including phenoxy) is 2. The summed E-state index contributed by atoms with van der Waals surface area (Å²) < 4.78 is 10.7. The number of terminal acetylenes is 1. The first-order valence-corrected chi connectivity index (χ1v) is 10.2. The number of carbonyl (C=O) groups excluding carboxylic acids is 2. The quantitative estimate of drug-likeness (QED) is 0.638. The van der Waals surface area contributed by atoms with Gasteiger partial charge in [0.1, 0.15) is 18.0 Å². The number of amides is 1. The third-order valence-corrected chi connectivity index (χ3v) is 4.57. The van der Waals surface area contributed by atoms with Crippen molar-refractivity contribution in [1.29, 1.82) is 0 Å². The average molecular weight is 412 g/mol. The number of para-hydroxylation sites is 2. The van der Waals surface area contributed by atoms with Crippen LogP contribution < -0.4 is 10.1 Å². The smallest absolute Gasteiger partial charge is 0.412 e. The fourth-order valence-electron chi connectivity index (χ4n) is 2.49. The minimum atomic E-state index is -0.573. The third kappa shape index (κ3) is 7.55. The van der Waals surface area contributed by atoms with Crippen molar-refractivity contribution in [3.63, 3.8) is 0 Å². The van der Waals surface area contributed by atoms with Crippen molar-refractivity contribution in [1.82, 2.24) is 0 Å². The van der Waals surface area contributed by atoms with Gasteiger partial charge in [-0.05, 0) is 51.0 Å². The Labute approximate surface area is 176 Å². The Balaban J connectivity index is 1.97. The Morgan fingerprint density at radius 1 is 1.10 bits per heavy atom. The fourth-order valence-corrected chi connectivity index (χ4v) is 3.32. The van der Waals surface area contributed by atoms with Crippen LogP contribution in [0.5, 0.6) is 5.75 Å². The number of aryl methyl sites for hydroxylation is 1. The van der Waals surface area contributed by atoms with Crippen LogP contribution in [0.4, 0.5) is 10.5 Å². The molecule has 2 aromatic rings. The lowest BCUT2D eigenvalue weighted by atomic mass is 10.1. The highest BCUT2D eigenvalue weighted by molar-refractivity contribution is 8.14. The van der Waals surface area contributed by atoms with E-state index in [0.717, 1.165) is 5.56 Å². The Morgan fingerprint density at radius 3 is 2.52 bits per heavy atom. The van der Waals surface area contributed by atoms with Gasteiger partial charge < -0.3 is 9.47 Å². The van der Waals surface area contributed by atoms with Crippen LogP contribution in [0.15, 0.2) is 48.5 Å². The van der Waals surface area contributed by atoms with Crippen LogP contribution in [-0.2, 0) is 11.2 Å². The van der Waals surface area contributed by atoms with E-state index in [-0.39, 0.29) is 11.7 Å². The molecule has 0 aliphatic heterocycles. The largest absolute Gasteiger partial charge is 0.480 e. The summed E-state index contributed by atoms with van der Waals surface area (Å²) in [5.74, 6) is 3.43. The zero-order chi connectivity index (χ0) is 21.3. The molecule has 0 fully saturated rings. The normalized spacial score (nSPS) is 10.7. The van der Waals surface area contributed by atoms with E-state index in [9.17, 15) is 9.59 Å². The van der Waals surface area contributed by atoms with Gasteiger partial charge in [-0.2, -0.15) is 0 Å². The van der Waals surface area contributed by atoms with E-state index >= 15 is 0 Å². The summed E-state index contributed by atoms with van der Waals surface area (Å²) in [4.78, 5) is 24.6. The summed E-state index contributed by atoms with van der Waals surface area (Å²) >= 11 is 1.20. The molecule has 0 unspecified atom stereocenters. The third-order valence-electron chi connectivity index (χ3n) is 3.68. The lowest BCUT2D eigenvalue weighted by Crippen LogP contribution is -2.27. The van der Waals surface area contributed by atoms with E-state index in [1.54, 1.807) is 24.3 Å². The van der Waals surface area contributed by atoms with Gasteiger partial charge in [0.15, 0.2) is 0 Å². The van der Waals surface area contributed by atoms with Crippen molar-refractivity contribution >= 4 is 28.7 Å². The number of nitrogens with one attached hydrogen (secondary N) is 1. The molecule has 0 saturated carbocycles. The van der Waals surface area contributed by atoms with Gasteiger partial charge in [-0.25, -0.2) is 4.79 Å². The summed E-state index contributed by atoms with van der Waals surface area (Å²) in [7, 11) is 0. The first kappa shape index (κ1) is 22.4. The van der Waals surface area contributed by atoms with Crippen molar-refractivity contribution in [2.75, 3.05) is 17.7 Å². The van der Waals surface area contributed by atoms with Crippen LogP contribution in [0.2, 0.25) is 0 Å². The molecule has 2 rings (SSSR count). The molecule has 152 valence electrons. The van der Waals surface area contributed by atoms with Crippen molar-refractivity contribution < 1.29 is 19.1 Å². The number of benzene rings is 2. The molecule has 0 atom stereocenters. The SMILES string of the molecule is C#CCOc1ccccc1C(=O)SCCc1ccccc1NC(=O)OC(C)(C)C. The molecule has 5 nitrogen and oxygen atoms in total. The van der Waals surface area contributed by atoms with Gasteiger partial charge in [0.25, 0.3) is 0 Å². The summed E-state index contributed by atoms with van der Waals surface area (Å²) in [5.41, 5.74) is 1.52. The van der Waals surface area contributed by atoms with Crippen LogP contribution >= 0.6 is 11.8 Å². The molecule has 0 heterocycles. The average Bonchev–Trinajstić information content (AvgIpc) is 2.66. The van der Waals surface area contributed by atoms with Gasteiger partial charge in [-0.3, -0.25) is 10.1 Å². The zero-order valence-corrected chi connectivity index (χ0v) is 17.7. The molecule has 29 heavy (non-hydrogen) atoms. The fraction of sp³-hybridized carbons (Fsp3) is 0.304. The van der Waals surface area contributed by atoms with Gasteiger partial charge in [0, 0.05) is 11.4 Å². The summed E-state index contributed by atoms with van der Waals surface area (Å²) in [6.07, 6.45) is 5.33. The van der Waals surface area contributed by atoms with Crippen LogP contribution in [0.25, 0.3) is 0 Å². The molecule has 0 aromatic heterocycles. The van der Waals surface area contributed by atoms with E-state index in [4.69, 9.17) is 15.9 Å². The van der Waals surface area contributed by atoms with Gasteiger partial charge in [-0.1, -0.05) is 48.0 Å². The maximum Gasteiger partial charge on any atom is 0.412 e. The standard InChI is InChI=1S/C23H25NO4S/c1-5-15-27-20-13-9-7-11-18(20)21(25)29-16-14-17-10-6-8-12-19(17)24-22(26)28-23(2,3)4/h1,6-13H,14-16H2,2-4H3,(H,24,26). The number of carbonyl (C=O) groups is 2. The second-order valence-corrected chi connectivity index (χ2v) is 8.23. The molecule has 0 spiro atoms. The molecule has 1 N–H and O–H groups in total. The summed E-state index contributed by atoms with van der Waals surface area (Å²) in [6.45, 7) is 5.54. The predicted molar refractivity (Wildman–Crippen MR) is 118 cm³/mol. The molecule has 0 saturated heterocycles. The van der Waals surface area contributed by atoms with Crippen molar-refractivity contribution in [2.24, 2.45) is 0 Å². The van der Waals surface area contributed by atoms with Crippen LogP contribution in [-0.4, -0.2) is 29.2 Å². The molecular formula is C23H25NO4S. The molecule has 2 aromatic carbocycles. The Kier molecular flexibility index (Phi) is 8.17. The van der Waals surface area contributed by atoms with Gasteiger partial charge in [-0.15, -0.1) is 6.42 Å². The van der Waals surface area contributed by atoms with Crippen molar-refractivity contribution in [3.8, 4) is 18.1 Å². The molecule has 0 aliphatic carbocycles. The summed E-state index contributed by atoms with van der Waals surface area (Å²) in [6, 6.07) is 14.5. The highest BCUT2D eigenvalue weighted by Gasteiger charge is 2.17. The Hall–Kier alpha value is -2.91. The van der Waals surface area contributed by atoms with E-state index in [0.29, 0.717) is 29.2 Å². The van der Waals surface area contributed by atoms with Crippen molar-refractivity contribution in [3.05, 3.63) is 59.7 Å². The Morgan fingerprint density at radius 2 is 1.79 bits per heavy atom. The minimum Gasteiger partial charge on any atom is -0.480 e. The number of hydrogen-bond acceptors (Lipinski definition) is 5. The van der Waals surface area contributed by atoms with Gasteiger partial charge >= 0.3 is 6.09 Å². The predicted octanol–water partition coefficient (Wildman–Crippen LogP) is 5.16. The molecule has 0 aliphatic rings. The van der Waals surface area contributed by atoms with Crippen molar-refractivity contribution in [2.45, 2.75) is 32.8 Å². The van der Waals surface area contributed by atoms with Gasteiger partial charge in [0.05, 0.1) is 5.56 Å². The molecule has 6 heteroatoms. The number of rotatable bonds is 7. The second-order valence-electron chi connectivity index (χ2n) is 7.16. The maximum absolute atomic E-state index is 12.6. The number of anilines is 1. The highest BCUT2D eigenvalue weighted by Crippen LogP contribution is 2.25. The lowest BCUT2D eigenvalue weighted by Gasteiger charge is -2.20. The monoisotopic (exact) mass is 411 g/mol. The van der Waals surface area contributed by atoms with E-state index in [1.165, 1.54) is 11.8 Å². The molecule has 0 radical (unpaired) electrons. The first-order chi connectivity index (χ1) is 13.8. The molecule has 1 amide bonds. The van der Waals surface area contributed by atoms with E-state index < -0.39 is 11.7 Å². The second kappa shape index (κ2) is 10.6. The topological polar surface area (TPSA) is 64.6 Å².